The molecule has 1 saturated carbocycles. The van der Waals surface area contributed by atoms with E-state index < -0.39 is 0 Å². The topological polar surface area (TPSA) is 41.5 Å². The molecule has 17 heavy (non-hydrogen) atoms. The van der Waals surface area contributed by atoms with Crippen LogP contribution in [0.25, 0.3) is 0 Å². The first-order valence-electron chi connectivity index (χ1n) is 6.30. The molecule has 0 saturated heterocycles. The normalized spacial score (nSPS) is 23.9. The summed E-state index contributed by atoms with van der Waals surface area (Å²) in [4.78, 5) is 0. The summed E-state index contributed by atoms with van der Waals surface area (Å²) < 4.78 is 5.16. The average Bonchev–Trinajstić information content (AvgIpc) is 2.74. The zero-order valence-electron chi connectivity index (χ0n) is 10.6. The van der Waals surface area contributed by atoms with Gasteiger partial charge in [0.25, 0.3) is 0 Å². The van der Waals surface area contributed by atoms with Gasteiger partial charge in [-0.2, -0.15) is 0 Å². The first-order valence-corrected chi connectivity index (χ1v) is 6.30. The molecule has 0 radical (unpaired) electrons. The Kier molecular flexibility index (Phi) is 3.89. The molecule has 0 aromatic heterocycles. The molecule has 1 aromatic rings. The van der Waals surface area contributed by atoms with Gasteiger partial charge in [-0.05, 0) is 37.0 Å². The minimum atomic E-state index is 0.337. The van der Waals surface area contributed by atoms with Gasteiger partial charge >= 0.3 is 0 Å². The molecule has 2 atom stereocenters. The van der Waals surface area contributed by atoms with Crippen molar-refractivity contribution in [2.45, 2.75) is 38.8 Å². The van der Waals surface area contributed by atoms with Gasteiger partial charge < -0.3 is 15.2 Å². The molecule has 0 spiro atoms. The Labute approximate surface area is 103 Å². The number of ether oxygens (including phenoxy) is 1. The first-order chi connectivity index (χ1) is 8.20. The van der Waals surface area contributed by atoms with Gasteiger partial charge in [-0.1, -0.05) is 13.3 Å². The zero-order chi connectivity index (χ0) is 12.3. The lowest BCUT2D eigenvalue weighted by atomic mass is 10.1. The predicted octanol–water partition coefficient (Wildman–Crippen LogP) is 2.68. The quantitative estimate of drug-likeness (QED) is 0.843. The zero-order valence-corrected chi connectivity index (χ0v) is 10.6. The fourth-order valence-electron chi connectivity index (χ4n) is 2.52. The highest BCUT2D eigenvalue weighted by atomic mass is 16.5. The van der Waals surface area contributed by atoms with Gasteiger partial charge in [-0.15, -0.1) is 0 Å². The number of rotatable bonds is 4. The molecule has 1 aliphatic carbocycles. The highest BCUT2D eigenvalue weighted by Crippen LogP contribution is 2.27. The third-order valence-corrected chi connectivity index (χ3v) is 3.70. The van der Waals surface area contributed by atoms with Crippen LogP contribution in [-0.2, 0) is 6.54 Å². The Morgan fingerprint density at radius 2 is 2.24 bits per heavy atom. The van der Waals surface area contributed by atoms with Crippen LogP contribution >= 0.6 is 0 Å². The number of hydrogen-bond donors (Lipinski definition) is 2. The summed E-state index contributed by atoms with van der Waals surface area (Å²) >= 11 is 0. The summed E-state index contributed by atoms with van der Waals surface area (Å²) in [6.45, 7) is 2.99. The third kappa shape index (κ3) is 2.91. The molecule has 94 valence electrons. The van der Waals surface area contributed by atoms with E-state index in [1.807, 2.05) is 6.07 Å². The Hall–Kier alpha value is -1.22. The lowest BCUT2D eigenvalue weighted by molar-refractivity contribution is 0.402. The van der Waals surface area contributed by atoms with Crippen LogP contribution in [0.3, 0.4) is 0 Å². The second kappa shape index (κ2) is 5.41. The summed E-state index contributed by atoms with van der Waals surface area (Å²) in [7, 11) is 1.64. The van der Waals surface area contributed by atoms with Gasteiger partial charge in [0.05, 0.1) is 7.11 Å². The molecule has 0 aliphatic heterocycles. The van der Waals surface area contributed by atoms with Crippen molar-refractivity contribution in [3.8, 4) is 11.5 Å². The second-order valence-electron chi connectivity index (χ2n) is 4.89. The molecular formula is C14H21NO2. The number of phenolic OH excluding ortho intramolecular Hbond substituents is 1. The number of aromatic hydroxyl groups is 1. The number of benzene rings is 1. The molecule has 3 nitrogen and oxygen atoms in total. The molecule has 0 heterocycles. The standard InChI is InChI=1S/C14H21NO2/c1-10-4-3-5-13(10)15-9-11-8-12(17-2)6-7-14(11)16/h6-8,10,13,15-16H,3-5,9H2,1-2H3. The van der Waals surface area contributed by atoms with E-state index in [1.54, 1.807) is 19.2 Å². The van der Waals surface area contributed by atoms with Crippen LogP contribution in [0.1, 0.15) is 31.7 Å². The molecule has 2 unspecified atom stereocenters. The van der Waals surface area contributed by atoms with Crippen molar-refractivity contribution in [2.24, 2.45) is 5.92 Å². The number of methoxy groups -OCH3 is 1. The van der Waals surface area contributed by atoms with Crippen LogP contribution in [0.4, 0.5) is 0 Å². The van der Waals surface area contributed by atoms with Crippen molar-refractivity contribution in [3.63, 3.8) is 0 Å². The number of phenols is 1. The van der Waals surface area contributed by atoms with Crippen molar-refractivity contribution < 1.29 is 9.84 Å². The van der Waals surface area contributed by atoms with Gasteiger partial charge in [-0.3, -0.25) is 0 Å². The molecule has 0 amide bonds. The summed E-state index contributed by atoms with van der Waals surface area (Å²) in [6, 6.07) is 5.94. The van der Waals surface area contributed by atoms with E-state index in [4.69, 9.17) is 4.74 Å². The highest BCUT2D eigenvalue weighted by molar-refractivity contribution is 5.39. The van der Waals surface area contributed by atoms with Gasteiger partial charge in [0.15, 0.2) is 0 Å². The fraction of sp³-hybridized carbons (Fsp3) is 0.571. The van der Waals surface area contributed by atoms with Crippen molar-refractivity contribution >= 4 is 0 Å². The van der Waals surface area contributed by atoms with Crippen molar-refractivity contribution in [2.75, 3.05) is 7.11 Å². The maximum Gasteiger partial charge on any atom is 0.120 e. The third-order valence-electron chi connectivity index (χ3n) is 3.70. The lowest BCUT2D eigenvalue weighted by Gasteiger charge is -2.18. The molecule has 1 aliphatic rings. The first kappa shape index (κ1) is 12.2. The van der Waals surface area contributed by atoms with E-state index in [1.165, 1.54) is 19.3 Å². The van der Waals surface area contributed by atoms with Crippen LogP contribution in [0, 0.1) is 5.92 Å². The summed E-state index contributed by atoms with van der Waals surface area (Å²) in [5.74, 6) is 1.87. The molecule has 2 N–H and O–H groups in total. The van der Waals surface area contributed by atoms with E-state index >= 15 is 0 Å². The van der Waals surface area contributed by atoms with Gasteiger partial charge in [0.1, 0.15) is 11.5 Å². The molecule has 1 aromatic carbocycles. The average molecular weight is 235 g/mol. The van der Waals surface area contributed by atoms with Crippen LogP contribution in [-0.4, -0.2) is 18.3 Å². The summed E-state index contributed by atoms with van der Waals surface area (Å²) in [5, 5.41) is 13.3. The van der Waals surface area contributed by atoms with Crippen LogP contribution < -0.4 is 10.1 Å². The largest absolute Gasteiger partial charge is 0.508 e. The Balaban J connectivity index is 1.98. The monoisotopic (exact) mass is 235 g/mol. The minimum absolute atomic E-state index is 0.337. The van der Waals surface area contributed by atoms with Crippen molar-refractivity contribution in [1.82, 2.24) is 5.32 Å². The maximum atomic E-state index is 9.77. The van der Waals surface area contributed by atoms with E-state index in [9.17, 15) is 5.11 Å². The molecule has 3 heteroatoms. The van der Waals surface area contributed by atoms with Crippen molar-refractivity contribution in [1.29, 1.82) is 0 Å². The smallest absolute Gasteiger partial charge is 0.120 e. The Morgan fingerprint density at radius 1 is 1.41 bits per heavy atom. The molecular weight excluding hydrogens is 214 g/mol. The van der Waals surface area contributed by atoms with Crippen LogP contribution in [0.5, 0.6) is 11.5 Å². The minimum Gasteiger partial charge on any atom is -0.508 e. The lowest BCUT2D eigenvalue weighted by Crippen LogP contribution is -2.30. The van der Waals surface area contributed by atoms with E-state index in [2.05, 4.69) is 12.2 Å². The van der Waals surface area contributed by atoms with Gasteiger partial charge in [0, 0.05) is 18.2 Å². The van der Waals surface area contributed by atoms with Gasteiger partial charge in [-0.25, -0.2) is 0 Å². The van der Waals surface area contributed by atoms with Gasteiger partial charge in [0.2, 0.25) is 0 Å². The predicted molar refractivity (Wildman–Crippen MR) is 68.3 cm³/mol. The Morgan fingerprint density at radius 3 is 2.88 bits per heavy atom. The van der Waals surface area contributed by atoms with E-state index in [-0.39, 0.29) is 0 Å². The maximum absolute atomic E-state index is 9.77. The van der Waals surface area contributed by atoms with Crippen molar-refractivity contribution in [3.05, 3.63) is 23.8 Å². The van der Waals surface area contributed by atoms with Crippen LogP contribution in [0.15, 0.2) is 18.2 Å². The number of hydrogen-bond acceptors (Lipinski definition) is 3. The fourth-order valence-corrected chi connectivity index (χ4v) is 2.52. The highest BCUT2D eigenvalue weighted by Gasteiger charge is 2.22. The summed E-state index contributed by atoms with van der Waals surface area (Å²) in [5.41, 5.74) is 0.906. The van der Waals surface area contributed by atoms with E-state index in [0.717, 1.165) is 17.2 Å². The molecule has 1 fully saturated rings. The second-order valence-corrected chi connectivity index (χ2v) is 4.89. The summed E-state index contributed by atoms with van der Waals surface area (Å²) in [6.07, 6.45) is 3.86. The number of nitrogens with one attached hydrogen (secondary N) is 1. The van der Waals surface area contributed by atoms with Crippen LogP contribution in [0.2, 0.25) is 0 Å². The SMILES string of the molecule is COc1ccc(O)c(CNC2CCCC2C)c1. The van der Waals surface area contributed by atoms with E-state index in [0.29, 0.717) is 18.3 Å². The molecule has 2 rings (SSSR count). The Bertz CT molecular complexity index is 378. The molecule has 0 bridgehead atoms.